The molecule has 0 unspecified atom stereocenters. The van der Waals surface area contributed by atoms with Crippen LogP contribution in [-0.4, -0.2) is 61.3 Å². The van der Waals surface area contributed by atoms with Crippen molar-refractivity contribution in [2.24, 2.45) is 0 Å². The van der Waals surface area contributed by atoms with Gasteiger partial charge < -0.3 is 14.8 Å². The zero-order valence-corrected chi connectivity index (χ0v) is 20.9. The van der Waals surface area contributed by atoms with Crippen molar-refractivity contribution >= 4 is 17.0 Å². The van der Waals surface area contributed by atoms with Crippen LogP contribution in [-0.2, 0) is 6.18 Å². The summed E-state index contributed by atoms with van der Waals surface area (Å²) in [5, 5.41) is 7.71. The zero-order valence-electron chi connectivity index (χ0n) is 20.9. The van der Waals surface area contributed by atoms with Gasteiger partial charge in [0.15, 0.2) is 0 Å². The molecule has 5 heterocycles. The van der Waals surface area contributed by atoms with Crippen LogP contribution in [0.2, 0.25) is 0 Å². The highest BCUT2D eigenvalue weighted by Gasteiger charge is 2.38. The average molecular weight is 530 g/mol. The molecule has 1 aliphatic carbocycles. The molecule has 2 N–H and O–H groups in total. The van der Waals surface area contributed by atoms with Gasteiger partial charge in [-0.3, -0.25) is 4.90 Å². The monoisotopic (exact) mass is 529 g/mol. The average Bonchev–Trinajstić information content (AvgIpc) is 3.66. The summed E-state index contributed by atoms with van der Waals surface area (Å²) in [7, 11) is 0. The fraction of sp³-hybridized carbons (Fsp3) is 0.462. The van der Waals surface area contributed by atoms with E-state index in [2.05, 4.69) is 35.3 Å². The second-order valence-electron chi connectivity index (χ2n) is 10.1. The van der Waals surface area contributed by atoms with Crippen molar-refractivity contribution in [1.29, 1.82) is 0 Å². The summed E-state index contributed by atoms with van der Waals surface area (Å²) in [6.45, 7) is 4.65. The van der Waals surface area contributed by atoms with Crippen LogP contribution in [0.4, 0.5) is 23.5 Å². The molecule has 8 nitrogen and oxygen atoms in total. The number of anilines is 1. The number of aryl methyl sites for hydroxylation is 2. The van der Waals surface area contributed by atoms with Gasteiger partial charge in [-0.15, -0.1) is 0 Å². The number of pyridine rings is 1. The number of H-pyrrole nitrogens is 1. The third kappa shape index (κ3) is 4.40. The summed E-state index contributed by atoms with van der Waals surface area (Å²) in [6, 6.07) is 3.49. The molecule has 0 aromatic carbocycles. The summed E-state index contributed by atoms with van der Waals surface area (Å²) in [5.41, 5.74) is 1.56. The van der Waals surface area contributed by atoms with Crippen LogP contribution >= 0.6 is 0 Å². The number of alkyl halides is 4. The van der Waals surface area contributed by atoms with Gasteiger partial charge >= 0.3 is 6.18 Å². The van der Waals surface area contributed by atoms with E-state index in [4.69, 9.17) is 4.52 Å². The van der Waals surface area contributed by atoms with Gasteiger partial charge in [0.2, 0.25) is 5.95 Å². The maximum absolute atomic E-state index is 14.0. The predicted octanol–water partition coefficient (Wildman–Crippen LogP) is 5.69. The molecule has 0 spiro atoms. The van der Waals surface area contributed by atoms with Gasteiger partial charge in [0, 0.05) is 48.5 Å². The summed E-state index contributed by atoms with van der Waals surface area (Å²) in [4.78, 5) is 18.1. The molecule has 2 aliphatic rings. The van der Waals surface area contributed by atoms with E-state index in [-0.39, 0.29) is 29.3 Å². The first-order valence-corrected chi connectivity index (χ1v) is 12.7. The standard InChI is InChI=1S/C26H27F4N7O/c1-13-22(14(2)38-36-13)20-7-6-16-17(10-31-24(16)33-20)23-18(26(28,29)30)11-32-25(35-23)34-19-4-3-5-21(19)37-9-8-15(27)12-37/h6-7,10-11,15,19,21H,3-5,8-9,12H2,1-2H3,(H,31,33)(H,32,34,35)/t15-,19-,21-/m0/s1. The number of aromatic amines is 1. The summed E-state index contributed by atoms with van der Waals surface area (Å²) in [6.07, 6.45) is 0.00891. The topological polar surface area (TPSA) is 95.8 Å². The highest BCUT2D eigenvalue weighted by atomic mass is 19.4. The Labute approximate surface area is 215 Å². The molecule has 6 rings (SSSR count). The molecule has 1 saturated carbocycles. The first-order chi connectivity index (χ1) is 18.2. The van der Waals surface area contributed by atoms with Crippen molar-refractivity contribution in [2.45, 2.75) is 64.0 Å². The summed E-state index contributed by atoms with van der Waals surface area (Å²) < 4.78 is 61.1. The van der Waals surface area contributed by atoms with E-state index >= 15 is 0 Å². The Hall–Kier alpha value is -3.54. The second kappa shape index (κ2) is 9.33. The van der Waals surface area contributed by atoms with E-state index in [1.165, 1.54) is 6.20 Å². The van der Waals surface area contributed by atoms with Crippen LogP contribution in [0.3, 0.4) is 0 Å². The molecule has 12 heteroatoms. The van der Waals surface area contributed by atoms with Gasteiger partial charge in [-0.2, -0.15) is 13.2 Å². The molecule has 0 radical (unpaired) electrons. The lowest BCUT2D eigenvalue weighted by molar-refractivity contribution is -0.137. The van der Waals surface area contributed by atoms with E-state index in [9.17, 15) is 17.6 Å². The summed E-state index contributed by atoms with van der Waals surface area (Å²) in [5.74, 6) is 0.726. The highest BCUT2D eigenvalue weighted by molar-refractivity contribution is 5.94. The van der Waals surface area contributed by atoms with Crippen molar-refractivity contribution in [3.8, 4) is 22.5 Å². The molecule has 0 amide bonds. The Balaban J connectivity index is 1.36. The van der Waals surface area contributed by atoms with E-state index < -0.39 is 17.9 Å². The first-order valence-electron chi connectivity index (χ1n) is 12.7. The highest BCUT2D eigenvalue weighted by Crippen LogP contribution is 2.39. The van der Waals surface area contributed by atoms with Gasteiger partial charge in [0.25, 0.3) is 0 Å². The van der Waals surface area contributed by atoms with E-state index in [1.54, 1.807) is 26.0 Å². The minimum absolute atomic E-state index is 0.0628. The number of aromatic nitrogens is 5. The molecule has 3 atom stereocenters. The van der Waals surface area contributed by atoms with Crippen LogP contribution in [0.15, 0.2) is 29.0 Å². The number of nitrogens with one attached hydrogen (secondary N) is 2. The molecule has 38 heavy (non-hydrogen) atoms. The number of hydrogen-bond donors (Lipinski definition) is 2. The van der Waals surface area contributed by atoms with Crippen LogP contribution in [0.25, 0.3) is 33.5 Å². The maximum atomic E-state index is 14.0. The largest absolute Gasteiger partial charge is 0.419 e. The molecule has 4 aromatic heterocycles. The third-order valence-corrected chi connectivity index (χ3v) is 7.60. The predicted molar refractivity (Wildman–Crippen MR) is 133 cm³/mol. The second-order valence-corrected chi connectivity index (χ2v) is 10.1. The van der Waals surface area contributed by atoms with Crippen LogP contribution in [0.1, 0.15) is 42.7 Å². The number of rotatable bonds is 5. The van der Waals surface area contributed by atoms with E-state index in [1.807, 2.05) is 0 Å². The number of fused-ring (bicyclic) bond motifs is 1. The Kier molecular flexibility index (Phi) is 6.09. The van der Waals surface area contributed by atoms with Crippen molar-refractivity contribution in [3.05, 3.63) is 41.5 Å². The van der Waals surface area contributed by atoms with Gasteiger partial charge in [-0.25, -0.2) is 19.3 Å². The number of likely N-dealkylation sites (tertiary alicyclic amines) is 1. The third-order valence-electron chi connectivity index (χ3n) is 7.60. The van der Waals surface area contributed by atoms with Gasteiger partial charge in [0.1, 0.15) is 23.1 Å². The van der Waals surface area contributed by atoms with Crippen LogP contribution < -0.4 is 5.32 Å². The van der Waals surface area contributed by atoms with Crippen molar-refractivity contribution in [1.82, 2.24) is 30.0 Å². The molecular formula is C26H27F4N7O. The first kappa shape index (κ1) is 24.8. The van der Waals surface area contributed by atoms with Crippen molar-refractivity contribution in [2.75, 3.05) is 18.4 Å². The van der Waals surface area contributed by atoms with Gasteiger partial charge in [-0.1, -0.05) is 5.16 Å². The smallest absolute Gasteiger partial charge is 0.361 e. The Morgan fingerprint density at radius 2 is 1.97 bits per heavy atom. The molecule has 1 aliphatic heterocycles. The van der Waals surface area contributed by atoms with Crippen molar-refractivity contribution in [3.63, 3.8) is 0 Å². The SMILES string of the molecule is Cc1noc(C)c1-c1ccc2c(-c3nc(N[C@H]4CCC[C@@H]4N4CC[C@H](F)C4)ncc3C(F)(F)F)c[nH]c2n1. The lowest BCUT2D eigenvalue weighted by Gasteiger charge is -2.29. The molecule has 0 bridgehead atoms. The molecular weight excluding hydrogens is 502 g/mol. The Bertz CT molecular complexity index is 1460. The lowest BCUT2D eigenvalue weighted by Crippen LogP contribution is -2.43. The lowest BCUT2D eigenvalue weighted by atomic mass is 10.1. The molecule has 4 aromatic rings. The summed E-state index contributed by atoms with van der Waals surface area (Å²) >= 11 is 0. The fourth-order valence-electron chi connectivity index (χ4n) is 5.81. The minimum atomic E-state index is -4.65. The zero-order chi connectivity index (χ0) is 26.6. The number of nitrogens with zero attached hydrogens (tertiary/aromatic N) is 5. The quantitative estimate of drug-likeness (QED) is 0.321. The van der Waals surface area contributed by atoms with Gasteiger partial charge in [0.05, 0.1) is 22.6 Å². The Morgan fingerprint density at radius 1 is 1.13 bits per heavy atom. The van der Waals surface area contributed by atoms with Crippen LogP contribution in [0.5, 0.6) is 0 Å². The Morgan fingerprint density at radius 3 is 2.68 bits per heavy atom. The van der Waals surface area contributed by atoms with Crippen molar-refractivity contribution < 1.29 is 22.1 Å². The van der Waals surface area contributed by atoms with Gasteiger partial charge in [-0.05, 0) is 51.7 Å². The number of hydrogen-bond acceptors (Lipinski definition) is 7. The normalized spacial score (nSPS) is 22.5. The maximum Gasteiger partial charge on any atom is 0.419 e. The number of halogens is 4. The van der Waals surface area contributed by atoms with E-state index in [0.717, 1.165) is 31.0 Å². The van der Waals surface area contributed by atoms with Crippen LogP contribution in [0, 0.1) is 13.8 Å². The molecule has 1 saturated heterocycles. The minimum Gasteiger partial charge on any atom is -0.361 e. The fourth-order valence-corrected chi connectivity index (χ4v) is 5.81. The molecule has 200 valence electrons. The molecule has 2 fully saturated rings. The van der Waals surface area contributed by atoms with E-state index in [0.29, 0.717) is 47.7 Å².